The highest BCUT2D eigenvalue weighted by Crippen LogP contribution is 2.29. The van der Waals surface area contributed by atoms with E-state index >= 15 is 0 Å². The monoisotopic (exact) mass is 533 g/mol. The van der Waals surface area contributed by atoms with Crippen LogP contribution in [-0.2, 0) is 16.0 Å². The first kappa shape index (κ1) is 26.3. The van der Waals surface area contributed by atoms with Crippen LogP contribution in [0.1, 0.15) is 28.6 Å². The molecule has 0 saturated carbocycles. The zero-order valence-electron chi connectivity index (χ0n) is 20.9. The minimum atomic E-state index is -0.372. The number of esters is 1. The first-order chi connectivity index (χ1) is 17.9. The Kier molecular flexibility index (Phi) is 8.87. The van der Waals surface area contributed by atoms with Crippen molar-refractivity contribution in [1.29, 1.82) is 0 Å². The summed E-state index contributed by atoms with van der Waals surface area (Å²) in [5.74, 6) is 0.784. The molecule has 9 heteroatoms. The van der Waals surface area contributed by atoms with Crippen molar-refractivity contribution in [3.05, 3.63) is 87.0 Å². The third-order valence-electron chi connectivity index (χ3n) is 5.60. The zero-order chi connectivity index (χ0) is 26.2. The number of aryl methyl sites for hydroxylation is 2. The molecule has 2 heterocycles. The standard InChI is InChI=1S/C28H28ClN5O2S/c1-4-36-26(35)11-9-20-6-5-7-21(14-20)23-16-31-28(33-22-10-8-18(2)24(29)15-22)34-27(23)30-13-12-25-19(3)32-17-37-25/h5-11,14-17H,4,12-13H2,1-3H3,(H2,30,31,33,34)/b11-9+. The van der Waals surface area contributed by atoms with Crippen molar-refractivity contribution in [3.63, 3.8) is 0 Å². The number of thiazole rings is 1. The van der Waals surface area contributed by atoms with Crippen LogP contribution in [0.15, 0.2) is 60.2 Å². The Morgan fingerprint density at radius 1 is 1.16 bits per heavy atom. The SMILES string of the molecule is CCOC(=O)/C=C/c1cccc(-c2cnc(Nc3ccc(C)c(Cl)c3)nc2NCCc2scnc2C)c1. The summed E-state index contributed by atoms with van der Waals surface area (Å²) in [6.45, 7) is 6.78. The van der Waals surface area contributed by atoms with Crippen LogP contribution < -0.4 is 10.6 Å². The number of benzene rings is 2. The second-order valence-corrected chi connectivity index (χ2v) is 9.64. The average Bonchev–Trinajstić information content (AvgIpc) is 3.30. The molecule has 0 aliphatic heterocycles. The lowest BCUT2D eigenvalue weighted by Gasteiger charge is -2.14. The number of rotatable bonds is 10. The number of anilines is 3. The first-order valence-corrected chi connectivity index (χ1v) is 13.2. The predicted molar refractivity (Wildman–Crippen MR) is 152 cm³/mol. The molecule has 0 bridgehead atoms. The highest BCUT2D eigenvalue weighted by atomic mass is 35.5. The van der Waals surface area contributed by atoms with E-state index in [0.717, 1.165) is 40.1 Å². The van der Waals surface area contributed by atoms with Crippen molar-refractivity contribution in [3.8, 4) is 11.1 Å². The van der Waals surface area contributed by atoms with Crippen molar-refractivity contribution in [2.24, 2.45) is 0 Å². The van der Waals surface area contributed by atoms with Gasteiger partial charge in [0.1, 0.15) is 5.82 Å². The molecule has 0 spiro atoms. The highest BCUT2D eigenvalue weighted by molar-refractivity contribution is 7.09. The van der Waals surface area contributed by atoms with E-state index in [1.165, 1.54) is 11.0 Å². The summed E-state index contributed by atoms with van der Waals surface area (Å²) in [6.07, 6.45) is 5.78. The van der Waals surface area contributed by atoms with Gasteiger partial charge in [0, 0.05) is 46.4 Å². The molecular weight excluding hydrogens is 506 g/mol. The minimum absolute atomic E-state index is 0.339. The Bertz CT molecular complexity index is 1420. The molecule has 0 atom stereocenters. The van der Waals surface area contributed by atoms with Crippen molar-refractivity contribution in [2.75, 3.05) is 23.8 Å². The second kappa shape index (κ2) is 12.5. The maximum absolute atomic E-state index is 11.7. The van der Waals surface area contributed by atoms with Crippen molar-refractivity contribution in [2.45, 2.75) is 27.2 Å². The van der Waals surface area contributed by atoms with Crippen molar-refractivity contribution >= 4 is 52.4 Å². The van der Waals surface area contributed by atoms with Gasteiger partial charge in [-0.15, -0.1) is 11.3 Å². The molecule has 0 radical (unpaired) electrons. The van der Waals surface area contributed by atoms with E-state index in [9.17, 15) is 4.79 Å². The van der Waals surface area contributed by atoms with Crippen LogP contribution in [0.2, 0.25) is 5.02 Å². The van der Waals surface area contributed by atoms with Gasteiger partial charge in [-0.05, 0) is 61.7 Å². The zero-order valence-corrected chi connectivity index (χ0v) is 22.5. The Morgan fingerprint density at radius 3 is 2.78 bits per heavy atom. The normalized spacial score (nSPS) is 11.0. The van der Waals surface area contributed by atoms with E-state index in [2.05, 4.69) is 20.6 Å². The van der Waals surface area contributed by atoms with Crippen LogP contribution >= 0.6 is 22.9 Å². The fourth-order valence-electron chi connectivity index (χ4n) is 3.61. The lowest BCUT2D eigenvalue weighted by Crippen LogP contribution is -2.09. The molecular formula is C28H28ClN5O2S. The Labute approximate surface area is 225 Å². The van der Waals surface area contributed by atoms with E-state index in [1.54, 1.807) is 30.5 Å². The summed E-state index contributed by atoms with van der Waals surface area (Å²) < 4.78 is 4.98. The maximum Gasteiger partial charge on any atom is 0.330 e. The molecule has 0 aliphatic carbocycles. The molecule has 7 nitrogen and oxygen atoms in total. The molecule has 0 amide bonds. The van der Waals surface area contributed by atoms with E-state index in [1.807, 2.05) is 61.8 Å². The Balaban J connectivity index is 1.61. The molecule has 4 rings (SSSR count). The van der Waals surface area contributed by atoms with Crippen molar-refractivity contribution in [1.82, 2.24) is 15.0 Å². The van der Waals surface area contributed by atoms with Gasteiger partial charge < -0.3 is 15.4 Å². The number of hydrogen-bond donors (Lipinski definition) is 2. The molecule has 4 aromatic rings. The van der Waals surface area contributed by atoms with E-state index in [-0.39, 0.29) is 5.97 Å². The minimum Gasteiger partial charge on any atom is -0.463 e. The predicted octanol–water partition coefficient (Wildman–Crippen LogP) is 6.84. The molecule has 37 heavy (non-hydrogen) atoms. The summed E-state index contributed by atoms with van der Waals surface area (Å²) in [5, 5.41) is 7.40. The van der Waals surface area contributed by atoms with Gasteiger partial charge in [0.05, 0.1) is 17.8 Å². The van der Waals surface area contributed by atoms with Crippen LogP contribution in [0.3, 0.4) is 0 Å². The van der Waals surface area contributed by atoms with Gasteiger partial charge in [0.25, 0.3) is 0 Å². The van der Waals surface area contributed by atoms with Gasteiger partial charge in [-0.3, -0.25) is 0 Å². The highest BCUT2D eigenvalue weighted by Gasteiger charge is 2.12. The van der Waals surface area contributed by atoms with Crippen LogP contribution in [0.4, 0.5) is 17.5 Å². The third kappa shape index (κ3) is 7.15. The molecule has 2 aromatic heterocycles. The van der Waals surface area contributed by atoms with Crippen LogP contribution in [0.5, 0.6) is 0 Å². The molecule has 0 aliphatic rings. The topological polar surface area (TPSA) is 89.0 Å². The quantitative estimate of drug-likeness (QED) is 0.170. The summed E-state index contributed by atoms with van der Waals surface area (Å²) in [7, 11) is 0. The fourth-order valence-corrected chi connectivity index (χ4v) is 4.57. The summed E-state index contributed by atoms with van der Waals surface area (Å²) >= 11 is 7.94. The maximum atomic E-state index is 11.7. The van der Waals surface area contributed by atoms with E-state index < -0.39 is 0 Å². The fraction of sp³-hybridized carbons (Fsp3) is 0.214. The number of nitrogens with one attached hydrogen (secondary N) is 2. The summed E-state index contributed by atoms with van der Waals surface area (Å²) in [4.78, 5) is 26.7. The van der Waals surface area contributed by atoms with Gasteiger partial charge in [0.2, 0.25) is 5.95 Å². The van der Waals surface area contributed by atoms with Gasteiger partial charge in [-0.2, -0.15) is 4.98 Å². The lowest BCUT2D eigenvalue weighted by molar-refractivity contribution is -0.137. The van der Waals surface area contributed by atoms with Crippen LogP contribution in [-0.4, -0.2) is 34.1 Å². The molecule has 2 N–H and O–H groups in total. The molecule has 0 saturated heterocycles. The van der Waals surface area contributed by atoms with Crippen LogP contribution in [0.25, 0.3) is 17.2 Å². The lowest BCUT2D eigenvalue weighted by atomic mass is 10.0. The molecule has 190 valence electrons. The first-order valence-electron chi connectivity index (χ1n) is 11.9. The number of nitrogens with zero attached hydrogens (tertiary/aromatic N) is 3. The Morgan fingerprint density at radius 2 is 2.03 bits per heavy atom. The summed E-state index contributed by atoms with van der Waals surface area (Å²) in [5.41, 5.74) is 7.36. The number of aromatic nitrogens is 3. The van der Waals surface area contributed by atoms with E-state index in [0.29, 0.717) is 29.9 Å². The smallest absolute Gasteiger partial charge is 0.330 e. The van der Waals surface area contributed by atoms with Crippen molar-refractivity contribution < 1.29 is 9.53 Å². The second-order valence-electron chi connectivity index (χ2n) is 8.29. The number of carbonyl (C=O) groups is 1. The van der Waals surface area contributed by atoms with Gasteiger partial charge in [-0.25, -0.2) is 14.8 Å². The summed E-state index contributed by atoms with van der Waals surface area (Å²) in [6, 6.07) is 13.6. The number of ether oxygens (including phenoxy) is 1. The number of halogens is 1. The number of hydrogen-bond acceptors (Lipinski definition) is 8. The third-order valence-corrected chi connectivity index (χ3v) is 7.00. The van der Waals surface area contributed by atoms with Gasteiger partial charge in [0.15, 0.2) is 0 Å². The molecule has 0 unspecified atom stereocenters. The molecule has 2 aromatic carbocycles. The van der Waals surface area contributed by atoms with Gasteiger partial charge in [-0.1, -0.05) is 35.9 Å². The molecule has 0 fully saturated rings. The largest absolute Gasteiger partial charge is 0.463 e. The van der Waals surface area contributed by atoms with Gasteiger partial charge >= 0.3 is 5.97 Å². The Hall–Kier alpha value is -3.75. The number of carbonyl (C=O) groups excluding carboxylic acids is 1. The average molecular weight is 534 g/mol. The van der Waals surface area contributed by atoms with E-state index in [4.69, 9.17) is 21.3 Å². The van der Waals surface area contributed by atoms with Crippen LogP contribution in [0, 0.1) is 13.8 Å².